The minimum atomic E-state index is -1.14. The molecule has 0 aliphatic carbocycles. The van der Waals surface area contributed by atoms with Crippen molar-refractivity contribution >= 4 is 5.97 Å². The minimum Gasteiger partial charge on any atom is -0.480 e. The second-order valence-corrected chi connectivity index (χ2v) is 4.26. The molecule has 0 bridgehead atoms. The molecule has 0 amide bonds. The van der Waals surface area contributed by atoms with Gasteiger partial charge in [0.15, 0.2) is 0 Å². The fourth-order valence-electron chi connectivity index (χ4n) is 1.94. The van der Waals surface area contributed by atoms with Crippen molar-refractivity contribution in [3.63, 3.8) is 0 Å². The predicted molar refractivity (Wildman–Crippen MR) is 70.9 cm³/mol. The van der Waals surface area contributed by atoms with E-state index in [2.05, 4.69) is 5.10 Å². The predicted octanol–water partition coefficient (Wildman–Crippen LogP) is 1.70. The number of hydrogen-bond donors (Lipinski definition) is 1. The molecule has 0 radical (unpaired) electrons. The van der Waals surface area contributed by atoms with E-state index in [9.17, 15) is 14.0 Å². The Labute approximate surface area is 114 Å². The monoisotopic (exact) mass is 276 g/mol. The number of carboxylic acid groups (broad SMARTS) is 1. The lowest BCUT2D eigenvalue weighted by molar-refractivity contribution is -0.138. The Kier molecular flexibility index (Phi) is 3.93. The summed E-state index contributed by atoms with van der Waals surface area (Å²) < 4.78 is 14.2. The van der Waals surface area contributed by atoms with Crippen LogP contribution in [-0.2, 0) is 17.8 Å². The molecule has 0 aliphatic heterocycles. The van der Waals surface area contributed by atoms with Crippen LogP contribution >= 0.6 is 0 Å². The number of hydrogen-bond acceptors (Lipinski definition) is 3. The molecule has 1 heterocycles. The summed E-state index contributed by atoms with van der Waals surface area (Å²) >= 11 is 0. The van der Waals surface area contributed by atoms with Crippen molar-refractivity contribution < 1.29 is 14.3 Å². The highest BCUT2D eigenvalue weighted by Crippen LogP contribution is 2.21. The van der Waals surface area contributed by atoms with Crippen molar-refractivity contribution in [2.75, 3.05) is 0 Å². The second kappa shape index (κ2) is 5.64. The van der Waals surface area contributed by atoms with Crippen LogP contribution in [0.25, 0.3) is 11.1 Å². The molecule has 0 saturated carbocycles. The molecule has 0 saturated heterocycles. The summed E-state index contributed by atoms with van der Waals surface area (Å²) in [6.45, 7) is 1.34. The number of aromatic nitrogens is 2. The number of carbonyl (C=O) groups is 1. The Morgan fingerprint density at radius 2 is 2.15 bits per heavy atom. The third-order valence-corrected chi connectivity index (χ3v) is 2.83. The van der Waals surface area contributed by atoms with Gasteiger partial charge in [0.05, 0.1) is 5.69 Å². The molecule has 0 unspecified atom stereocenters. The largest absolute Gasteiger partial charge is 0.480 e. The first-order chi connectivity index (χ1) is 9.51. The molecule has 2 aromatic rings. The molecule has 0 spiro atoms. The first-order valence-corrected chi connectivity index (χ1v) is 6.10. The topological polar surface area (TPSA) is 72.2 Å². The van der Waals surface area contributed by atoms with Crippen LogP contribution in [0.5, 0.6) is 0 Å². The Balaban J connectivity index is 2.57. The van der Waals surface area contributed by atoms with Gasteiger partial charge < -0.3 is 5.11 Å². The van der Waals surface area contributed by atoms with Gasteiger partial charge in [0, 0.05) is 11.6 Å². The van der Waals surface area contributed by atoms with Crippen LogP contribution in [-0.4, -0.2) is 20.9 Å². The first-order valence-electron chi connectivity index (χ1n) is 6.10. The summed E-state index contributed by atoms with van der Waals surface area (Å²) in [6, 6.07) is 7.15. The first kappa shape index (κ1) is 13.9. The summed E-state index contributed by atoms with van der Waals surface area (Å²) in [5.74, 6) is -1.54. The van der Waals surface area contributed by atoms with Gasteiger partial charge >= 0.3 is 5.97 Å². The quantitative estimate of drug-likeness (QED) is 0.922. The molecule has 1 aromatic carbocycles. The summed E-state index contributed by atoms with van der Waals surface area (Å²) in [6.07, 6.45) is 0.506. The Bertz CT molecular complexity index is 710. The van der Waals surface area contributed by atoms with E-state index in [0.717, 1.165) is 4.68 Å². The second-order valence-electron chi connectivity index (χ2n) is 4.26. The van der Waals surface area contributed by atoms with Crippen LogP contribution in [0.15, 0.2) is 35.1 Å². The smallest absolute Gasteiger partial charge is 0.325 e. The molecule has 0 aliphatic rings. The standard InChI is InChI=1S/C14H13FN2O3/c1-2-12-11(9-4-3-5-10(15)6-9)7-13(18)17(16-12)8-14(19)20/h3-7H,2,8H2,1H3,(H,19,20). The fraction of sp³-hybridized carbons (Fsp3) is 0.214. The highest BCUT2D eigenvalue weighted by molar-refractivity contribution is 5.67. The van der Waals surface area contributed by atoms with Gasteiger partial charge in [-0.05, 0) is 24.1 Å². The van der Waals surface area contributed by atoms with Crippen molar-refractivity contribution in [2.24, 2.45) is 0 Å². The van der Waals surface area contributed by atoms with E-state index in [-0.39, 0.29) is 0 Å². The molecule has 1 N–H and O–H groups in total. The average molecular weight is 276 g/mol. The average Bonchev–Trinajstić information content (AvgIpc) is 2.40. The molecule has 0 atom stereocenters. The van der Waals surface area contributed by atoms with Gasteiger partial charge in [0.1, 0.15) is 12.4 Å². The maximum atomic E-state index is 13.3. The SMILES string of the molecule is CCc1nn(CC(=O)O)c(=O)cc1-c1cccc(F)c1. The number of halogens is 1. The highest BCUT2D eigenvalue weighted by atomic mass is 19.1. The van der Waals surface area contributed by atoms with Crippen molar-refractivity contribution in [1.82, 2.24) is 9.78 Å². The minimum absolute atomic E-state index is 0.403. The molecule has 1 aromatic heterocycles. The summed E-state index contributed by atoms with van der Waals surface area (Å²) in [5, 5.41) is 12.8. The van der Waals surface area contributed by atoms with Crippen molar-refractivity contribution in [1.29, 1.82) is 0 Å². The lowest BCUT2D eigenvalue weighted by Gasteiger charge is -2.10. The lowest BCUT2D eigenvalue weighted by Crippen LogP contribution is -2.27. The number of aryl methyl sites for hydroxylation is 1. The molecule has 20 heavy (non-hydrogen) atoms. The Morgan fingerprint density at radius 1 is 1.40 bits per heavy atom. The van der Waals surface area contributed by atoms with Crippen molar-refractivity contribution in [2.45, 2.75) is 19.9 Å². The summed E-state index contributed by atoms with van der Waals surface area (Å²) in [7, 11) is 0. The van der Waals surface area contributed by atoms with E-state index in [0.29, 0.717) is 23.2 Å². The highest BCUT2D eigenvalue weighted by Gasteiger charge is 2.11. The van der Waals surface area contributed by atoms with Gasteiger partial charge in [-0.3, -0.25) is 9.59 Å². The third-order valence-electron chi connectivity index (χ3n) is 2.83. The summed E-state index contributed by atoms with van der Waals surface area (Å²) in [4.78, 5) is 22.5. The maximum Gasteiger partial charge on any atom is 0.325 e. The molecule has 0 fully saturated rings. The van der Waals surface area contributed by atoms with Crippen LogP contribution in [0.1, 0.15) is 12.6 Å². The van der Waals surface area contributed by atoms with Gasteiger partial charge in [-0.2, -0.15) is 5.10 Å². The zero-order valence-electron chi connectivity index (χ0n) is 10.8. The Morgan fingerprint density at radius 3 is 2.75 bits per heavy atom. The third kappa shape index (κ3) is 2.90. The maximum absolute atomic E-state index is 13.3. The molecule has 6 heteroatoms. The van der Waals surface area contributed by atoms with Gasteiger partial charge in [-0.1, -0.05) is 19.1 Å². The van der Waals surface area contributed by atoms with E-state index in [1.54, 1.807) is 12.1 Å². The van der Waals surface area contributed by atoms with E-state index in [1.807, 2.05) is 6.92 Å². The van der Waals surface area contributed by atoms with Crippen molar-refractivity contribution in [3.8, 4) is 11.1 Å². The van der Waals surface area contributed by atoms with Gasteiger partial charge in [0.25, 0.3) is 5.56 Å². The van der Waals surface area contributed by atoms with Crippen LogP contribution in [0.3, 0.4) is 0 Å². The van der Waals surface area contributed by atoms with Crippen LogP contribution in [0, 0.1) is 5.82 Å². The van der Waals surface area contributed by atoms with Gasteiger partial charge in [-0.15, -0.1) is 0 Å². The van der Waals surface area contributed by atoms with Crippen molar-refractivity contribution in [3.05, 3.63) is 52.2 Å². The zero-order valence-corrected chi connectivity index (χ0v) is 10.8. The number of carboxylic acids is 1. The molecular weight excluding hydrogens is 263 g/mol. The lowest BCUT2D eigenvalue weighted by atomic mass is 10.0. The fourth-order valence-corrected chi connectivity index (χ4v) is 1.94. The number of benzene rings is 1. The zero-order chi connectivity index (χ0) is 14.7. The molecule has 104 valence electrons. The number of nitrogens with zero attached hydrogens (tertiary/aromatic N) is 2. The van der Waals surface area contributed by atoms with E-state index >= 15 is 0 Å². The molecular formula is C14H13FN2O3. The normalized spacial score (nSPS) is 10.5. The van der Waals surface area contributed by atoms with E-state index < -0.39 is 23.9 Å². The van der Waals surface area contributed by atoms with Crippen LogP contribution in [0.2, 0.25) is 0 Å². The van der Waals surface area contributed by atoms with Gasteiger partial charge in [-0.25, -0.2) is 9.07 Å². The van der Waals surface area contributed by atoms with Crippen LogP contribution in [0.4, 0.5) is 4.39 Å². The van der Waals surface area contributed by atoms with Gasteiger partial charge in [0.2, 0.25) is 0 Å². The van der Waals surface area contributed by atoms with E-state index in [4.69, 9.17) is 5.11 Å². The van der Waals surface area contributed by atoms with E-state index in [1.165, 1.54) is 18.2 Å². The molecule has 5 nitrogen and oxygen atoms in total. The Hall–Kier alpha value is -2.50. The number of aliphatic carboxylic acids is 1. The molecule has 2 rings (SSSR count). The number of rotatable bonds is 4. The van der Waals surface area contributed by atoms with Crippen LogP contribution < -0.4 is 5.56 Å². The summed E-state index contributed by atoms with van der Waals surface area (Å²) in [5.41, 5.74) is 1.10.